The molecule has 0 unspecified atom stereocenters. The van der Waals surface area contributed by atoms with Gasteiger partial charge in [0.05, 0.1) is 0 Å². The molecule has 20 heavy (non-hydrogen) atoms. The number of hydrogen-bond acceptors (Lipinski definition) is 4. The summed E-state index contributed by atoms with van der Waals surface area (Å²) in [6, 6.07) is 21.3. The third-order valence-corrected chi connectivity index (χ3v) is 2.88. The van der Waals surface area contributed by atoms with E-state index in [0.717, 1.165) is 11.1 Å². The molecule has 0 N–H and O–H groups in total. The highest BCUT2D eigenvalue weighted by atomic mass is 15.2. The van der Waals surface area contributed by atoms with E-state index in [0.29, 0.717) is 11.4 Å². The first-order chi connectivity index (χ1) is 9.88. The van der Waals surface area contributed by atoms with Crippen molar-refractivity contribution in [2.24, 2.45) is 0 Å². The normalized spacial score (nSPS) is 9.95. The molecule has 3 rings (SSSR count). The third kappa shape index (κ3) is 2.25. The summed E-state index contributed by atoms with van der Waals surface area (Å²) in [4.78, 5) is 4.30. The highest BCUT2D eigenvalue weighted by Crippen LogP contribution is 2.27. The van der Waals surface area contributed by atoms with Crippen molar-refractivity contribution in [2.75, 3.05) is 0 Å². The Hall–Kier alpha value is -3.06. The van der Waals surface area contributed by atoms with Crippen molar-refractivity contribution in [2.45, 2.75) is 0 Å². The molecule has 0 aliphatic carbocycles. The van der Waals surface area contributed by atoms with Crippen LogP contribution in [0.25, 0.3) is 22.5 Å². The van der Waals surface area contributed by atoms with Crippen LogP contribution in [0.5, 0.6) is 0 Å². The fourth-order valence-electron chi connectivity index (χ4n) is 1.96. The van der Waals surface area contributed by atoms with Gasteiger partial charge in [-0.25, -0.2) is 4.98 Å². The molecule has 0 fully saturated rings. The van der Waals surface area contributed by atoms with Gasteiger partial charge in [-0.05, 0) is 0 Å². The highest BCUT2D eigenvalue weighted by molar-refractivity contribution is 5.77. The molecular weight excluding hydrogens is 248 g/mol. The molecule has 94 valence electrons. The molecule has 0 saturated heterocycles. The average Bonchev–Trinajstić information content (AvgIpc) is 2.56. The lowest BCUT2D eigenvalue weighted by molar-refractivity contribution is 0.953. The van der Waals surface area contributed by atoms with Crippen molar-refractivity contribution >= 4 is 0 Å². The fourth-order valence-corrected chi connectivity index (χ4v) is 1.96. The largest absolute Gasteiger partial charge is 0.253 e. The van der Waals surface area contributed by atoms with Gasteiger partial charge in [0.25, 0.3) is 5.82 Å². The van der Waals surface area contributed by atoms with Crippen LogP contribution in [0.15, 0.2) is 60.7 Å². The number of hydrogen-bond donors (Lipinski definition) is 0. The minimum Gasteiger partial charge on any atom is -0.215 e. The second-order valence-corrected chi connectivity index (χ2v) is 4.18. The van der Waals surface area contributed by atoms with Gasteiger partial charge < -0.3 is 0 Å². The summed E-state index contributed by atoms with van der Waals surface area (Å²) < 4.78 is 0. The lowest BCUT2D eigenvalue weighted by atomic mass is 10.0. The number of rotatable bonds is 2. The van der Waals surface area contributed by atoms with E-state index >= 15 is 0 Å². The topological polar surface area (TPSA) is 62.5 Å². The first-order valence-corrected chi connectivity index (χ1v) is 6.14. The molecule has 3 aromatic rings. The molecule has 0 aliphatic rings. The Morgan fingerprint density at radius 1 is 0.700 bits per heavy atom. The average molecular weight is 258 g/mol. The maximum atomic E-state index is 8.96. The summed E-state index contributed by atoms with van der Waals surface area (Å²) >= 11 is 0. The Labute approximate surface area is 116 Å². The van der Waals surface area contributed by atoms with E-state index in [1.807, 2.05) is 66.7 Å². The monoisotopic (exact) mass is 258 g/mol. The molecule has 1 heterocycles. The van der Waals surface area contributed by atoms with E-state index in [9.17, 15) is 0 Å². The van der Waals surface area contributed by atoms with Gasteiger partial charge in [0, 0.05) is 11.1 Å². The quantitative estimate of drug-likeness (QED) is 0.708. The Morgan fingerprint density at radius 2 is 1.25 bits per heavy atom. The van der Waals surface area contributed by atoms with Gasteiger partial charge in [-0.3, -0.25) is 0 Å². The Morgan fingerprint density at radius 3 is 1.80 bits per heavy atom. The summed E-state index contributed by atoms with van der Waals surface area (Å²) in [6.45, 7) is 0. The van der Waals surface area contributed by atoms with Crippen LogP contribution in [0.3, 0.4) is 0 Å². The molecule has 1 aromatic heterocycles. The maximum absolute atomic E-state index is 8.96. The SMILES string of the molecule is N#Cc1nnc(-c2ccccc2)c(-c2ccccc2)n1. The van der Waals surface area contributed by atoms with E-state index in [-0.39, 0.29) is 5.82 Å². The van der Waals surface area contributed by atoms with Crippen molar-refractivity contribution in [3.63, 3.8) is 0 Å². The van der Waals surface area contributed by atoms with Gasteiger partial charge in [0.15, 0.2) is 0 Å². The van der Waals surface area contributed by atoms with Gasteiger partial charge in [-0.2, -0.15) is 5.26 Å². The first kappa shape index (κ1) is 12.0. The summed E-state index contributed by atoms with van der Waals surface area (Å²) in [7, 11) is 0. The Balaban J connectivity index is 2.23. The molecular formula is C16H10N4. The summed E-state index contributed by atoms with van der Waals surface area (Å²) in [6.07, 6.45) is 0. The van der Waals surface area contributed by atoms with Crippen molar-refractivity contribution < 1.29 is 0 Å². The van der Waals surface area contributed by atoms with Gasteiger partial charge in [-0.1, -0.05) is 60.7 Å². The number of aromatic nitrogens is 3. The van der Waals surface area contributed by atoms with Crippen molar-refractivity contribution in [3.8, 4) is 28.6 Å². The lowest BCUT2D eigenvalue weighted by Crippen LogP contribution is -2.00. The molecule has 0 aliphatic heterocycles. The van der Waals surface area contributed by atoms with Crippen LogP contribution >= 0.6 is 0 Å². The molecule has 0 bridgehead atoms. The molecule has 0 radical (unpaired) electrons. The van der Waals surface area contributed by atoms with Gasteiger partial charge in [0.1, 0.15) is 17.5 Å². The summed E-state index contributed by atoms with van der Waals surface area (Å²) in [5.74, 6) is 0.0727. The molecule has 4 nitrogen and oxygen atoms in total. The van der Waals surface area contributed by atoms with Crippen LogP contribution in [-0.4, -0.2) is 15.2 Å². The smallest absolute Gasteiger partial charge is 0.215 e. The predicted molar refractivity (Wildman–Crippen MR) is 75.4 cm³/mol. The summed E-state index contributed by atoms with van der Waals surface area (Å²) in [5, 5.41) is 17.0. The lowest BCUT2D eigenvalue weighted by Gasteiger charge is -2.07. The van der Waals surface area contributed by atoms with Crippen molar-refractivity contribution in [1.82, 2.24) is 15.2 Å². The van der Waals surface area contributed by atoms with Gasteiger partial charge in [-0.15, -0.1) is 10.2 Å². The third-order valence-electron chi connectivity index (χ3n) is 2.88. The molecule has 0 saturated carbocycles. The number of nitrogens with zero attached hydrogens (tertiary/aromatic N) is 4. The van der Waals surface area contributed by atoms with Gasteiger partial charge >= 0.3 is 0 Å². The highest BCUT2D eigenvalue weighted by Gasteiger charge is 2.12. The minimum absolute atomic E-state index is 0.0727. The molecule has 4 heteroatoms. The van der Waals surface area contributed by atoms with E-state index in [1.165, 1.54) is 0 Å². The van der Waals surface area contributed by atoms with E-state index in [1.54, 1.807) is 0 Å². The number of benzene rings is 2. The summed E-state index contributed by atoms with van der Waals surface area (Å²) in [5.41, 5.74) is 3.19. The Kier molecular flexibility index (Phi) is 3.17. The van der Waals surface area contributed by atoms with E-state index in [4.69, 9.17) is 5.26 Å². The Bertz CT molecular complexity index is 761. The zero-order valence-corrected chi connectivity index (χ0v) is 10.6. The van der Waals surface area contributed by atoms with Crippen LogP contribution in [0.2, 0.25) is 0 Å². The standard InChI is InChI=1S/C16H10N4/c17-11-14-18-15(12-7-3-1-4-8-12)16(20-19-14)13-9-5-2-6-10-13/h1-10H. The fraction of sp³-hybridized carbons (Fsp3) is 0. The zero-order valence-electron chi connectivity index (χ0n) is 10.6. The van der Waals surface area contributed by atoms with Crippen LogP contribution in [0.4, 0.5) is 0 Å². The molecule has 0 atom stereocenters. The van der Waals surface area contributed by atoms with Crippen LogP contribution in [0, 0.1) is 11.3 Å². The molecule has 0 spiro atoms. The first-order valence-electron chi connectivity index (χ1n) is 6.14. The second-order valence-electron chi connectivity index (χ2n) is 4.18. The number of nitriles is 1. The minimum atomic E-state index is 0.0727. The maximum Gasteiger partial charge on any atom is 0.253 e. The van der Waals surface area contributed by atoms with Crippen LogP contribution < -0.4 is 0 Å². The van der Waals surface area contributed by atoms with Crippen molar-refractivity contribution in [3.05, 3.63) is 66.5 Å². The van der Waals surface area contributed by atoms with Crippen LogP contribution in [-0.2, 0) is 0 Å². The molecule has 2 aromatic carbocycles. The second kappa shape index (κ2) is 5.29. The van der Waals surface area contributed by atoms with E-state index in [2.05, 4.69) is 15.2 Å². The van der Waals surface area contributed by atoms with Crippen molar-refractivity contribution in [1.29, 1.82) is 5.26 Å². The van der Waals surface area contributed by atoms with E-state index < -0.39 is 0 Å². The zero-order chi connectivity index (χ0) is 13.8. The predicted octanol–water partition coefficient (Wildman–Crippen LogP) is 3.08. The molecule has 0 amide bonds. The van der Waals surface area contributed by atoms with Gasteiger partial charge in [0.2, 0.25) is 0 Å². The van der Waals surface area contributed by atoms with Crippen LogP contribution in [0.1, 0.15) is 5.82 Å².